The molecule has 0 saturated heterocycles. The summed E-state index contributed by atoms with van der Waals surface area (Å²) in [5.41, 5.74) is 6.87. The summed E-state index contributed by atoms with van der Waals surface area (Å²) in [6.07, 6.45) is 1.11. The van der Waals surface area contributed by atoms with Crippen LogP contribution in [0.4, 0.5) is 4.39 Å². The third-order valence-electron chi connectivity index (χ3n) is 2.79. The van der Waals surface area contributed by atoms with Crippen molar-refractivity contribution in [1.82, 2.24) is 0 Å². The first-order valence-corrected chi connectivity index (χ1v) is 4.69. The molecule has 1 aromatic rings. The van der Waals surface area contributed by atoms with Crippen molar-refractivity contribution in [2.75, 3.05) is 0 Å². The van der Waals surface area contributed by atoms with E-state index in [-0.39, 0.29) is 11.9 Å². The first-order chi connectivity index (χ1) is 6.18. The van der Waals surface area contributed by atoms with Crippen molar-refractivity contribution in [3.63, 3.8) is 0 Å². The number of benzene rings is 1. The smallest absolute Gasteiger partial charge is 0.123 e. The van der Waals surface area contributed by atoms with Crippen LogP contribution in [0.5, 0.6) is 0 Å². The van der Waals surface area contributed by atoms with Crippen molar-refractivity contribution < 1.29 is 4.39 Å². The molecule has 1 fully saturated rings. The third-order valence-corrected chi connectivity index (χ3v) is 2.79. The van der Waals surface area contributed by atoms with E-state index in [9.17, 15) is 4.39 Å². The minimum atomic E-state index is -0.146. The molecular formula is C11H14FN. The van der Waals surface area contributed by atoms with Gasteiger partial charge >= 0.3 is 0 Å². The Kier molecular flexibility index (Phi) is 2.08. The lowest BCUT2D eigenvalue weighted by molar-refractivity contribution is 0.616. The fraction of sp³-hybridized carbons (Fsp3) is 0.455. The SMILES string of the molecule is C[C@H](N)[C@H]1C[C@@H]1c1cccc(F)c1. The van der Waals surface area contributed by atoms with E-state index in [4.69, 9.17) is 5.73 Å². The Hall–Kier alpha value is -0.890. The Balaban J connectivity index is 2.12. The van der Waals surface area contributed by atoms with E-state index in [2.05, 4.69) is 0 Å². The van der Waals surface area contributed by atoms with Crippen LogP contribution < -0.4 is 5.73 Å². The predicted octanol–water partition coefficient (Wildman–Crippen LogP) is 2.28. The summed E-state index contributed by atoms with van der Waals surface area (Å²) in [7, 11) is 0. The average molecular weight is 179 g/mol. The van der Waals surface area contributed by atoms with Gasteiger partial charge in [0, 0.05) is 6.04 Å². The average Bonchev–Trinajstić information content (AvgIpc) is 2.82. The third kappa shape index (κ3) is 1.73. The minimum Gasteiger partial charge on any atom is -0.328 e. The highest BCUT2D eigenvalue weighted by Gasteiger charge is 2.40. The zero-order valence-electron chi connectivity index (χ0n) is 7.70. The lowest BCUT2D eigenvalue weighted by atomic mass is 10.1. The zero-order chi connectivity index (χ0) is 9.42. The second kappa shape index (κ2) is 3.11. The number of rotatable bonds is 2. The van der Waals surface area contributed by atoms with E-state index in [0.29, 0.717) is 11.8 Å². The summed E-state index contributed by atoms with van der Waals surface area (Å²) in [6, 6.07) is 7.07. The van der Waals surface area contributed by atoms with E-state index < -0.39 is 0 Å². The van der Waals surface area contributed by atoms with Crippen molar-refractivity contribution in [2.45, 2.75) is 25.3 Å². The van der Waals surface area contributed by atoms with Crippen LogP contribution >= 0.6 is 0 Å². The molecule has 3 atom stereocenters. The second-order valence-corrected chi connectivity index (χ2v) is 3.92. The molecule has 0 unspecified atom stereocenters. The Labute approximate surface area is 77.8 Å². The van der Waals surface area contributed by atoms with Gasteiger partial charge in [-0.1, -0.05) is 12.1 Å². The van der Waals surface area contributed by atoms with Gasteiger partial charge in [0.2, 0.25) is 0 Å². The highest BCUT2D eigenvalue weighted by molar-refractivity contribution is 5.27. The van der Waals surface area contributed by atoms with Crippen LogP contribution in [0.15, 0.2) is 24.3 Å². The summed E-state index contributed by atoms with van der Waals surface area (Å²) in [5, 5.41) is 0. The largest absolute Gasteiger partial charge is 0.328 e. The van der Waals surface area contributed by atoms with E-state index in [1.54, 1.807) is 12.1 Å². The highest BCUT2D eigenvalue weighted by Crippen LogP contribution is 2.48. The predicted molar refractivity (Wildman–Crippen MR) is 50.9 cm³/mol. The Morgan fingerprint density at radius 3 is 2.85 bits per heavy atom. The molecule has 13 heavy (non-hydrogen) atoms. The van der Waals surface area contributed by atoms with Gasteiger partial charge in [-0.2, -0.15) is 0 Å². The monoisotopic (exact) mass is 179 g/mol. The van der Waals surface area contributed by atoms with Crippen molar-refractivity contribution in [1.29, 1.82) is 0 Å². The van der Waals surface area contributed by atoms with Gasteiger partial charge in [-0.05, 0) is 42.9 Å². The molecule has 1 aliphatic carbocycles. The van der Waals surface area contributed by atoms with Crippen LogP contribution in [-0.4, -0.2) is 6.04 Å². The molecule has 0 amide bonds. The van der Waals surface area contributed by atoms with E-state index in [1.807, 2.05) is 13.0 Å². The van der Waals surface area contributed by atoms with Gasteiger partial charge < -0.3 is 5.73 Å². The normalized spacial score (nSPS) is 28.5. The number of hydrogen-bond donors (Lipinski definition) is 1. The minimum absolute atomic E-state index is 0.146. The fourth-order valence-corrected chi connectivity index (χ4v) is 1.92. The summed E-state index contributed by atoms with van der Waals surface area (Å²) in [6.45, 7) is 2.02. The van der Waals surface area contributed by atoms with Gasteiger partial charge in [-0.25, -0.2) is 4.39 Å². The maximum Gasteiger partial charge on any atom is 0.123 e. The second-order valence-electron chi connectivity index (χ2n) is 3.92. The lowest BCUT2D eigenvalue weighted by Gasteiger charge is -2.03. The van der Waals surface area contributed by atoms with Gasteiger partial charge in [-0.15, -0.1) is 0 Å². The first kappa shape index (κ1) is 8.70. The molecule has 2 heteroatoms. The van der Waals surface area contributed by atoms with Crippen molar-refractivity contribution in [3.8, 4) is 0 Å². The summed E-state index contributed by atoms with van der Waals surface area (Å²) >= 11 is 0. The van der Waals surface area contributed by atoms with Gasteiger partial charge in [0.15, 0.2) is 0 Å². The number of halogens is 1. The molecule has 70 valence electrons. The summed E-state index contributed by atoms with van der Waals surface area (Å²) in [5.74, 6) is 0.908. The Morgan fingerprint density at radius 2 is 2.31 bits per heavy atom. The molecule has 0 heterocycles. The lowest BCUT2D eigenvalue weighted by Crippen LogP contribution is -2.17. The summed E-state index contributed by atoms with van der Waals surface area (Å²) in [4.78, 5) is 0. The molecule has 1 saturated carbocycles. The molecule has 0 aromatic heterocycles. The molecule has 0 bridgehead atoms. The Morgan fingerprint density at radius 1 is 1.54 bits per heavy atom. The van der Waals surface area contributed by atoms with Crippen LogP contribution in [0.3, 0.4) is 0 Å². The van der Waals surface area contributed by atoms with E-state index in [0.717, 1.165) is 12.0 Å². The van der Waals surface area contributed by atoms with Gasteiger partial charge in [0.05, 0.1) is 0 Å². The molecule has 0 radical (unpaired) electrons. The van der Waals surface area contributed by atoms with Crippen LogP contribution in [0.1, 0.15) is 24.8 Å². The van der Waals surface area contributed by atoms with Crippen LogP contribution in [0.25, 0.3) is 0 Å². The number of nitrogens with two attached hydrogens (primary N) is 1. The van der Waals surface area contributed by atoms with E-state index >= 15 is 0 Å². The molecule has 2 N–H and O–H groups in total. The molecule has 2 rings (SSSR count). The van der Waals surface area contributed by atoms with E-state index in [1.165, 1.54) is 6.07 Å². The molecule has 1 aliphatic rings. The quantitative estimate of drug-likeness (QED) is 0.740. The van der Waals surface area contributed by atoms with Crippen LogP contribution in [-0.2, 0) is 0 Å². The van der Waals surface area contributed by atoms with Crippen molar-refractivity contribution in [3.05, 3.63) is 35.6 Å². The van der Waals surface area contributed by atoms with Crippen LogP contribution in [0.2, 0.25) is 0 Å². The molecular weight excluding hydrogens is 165 g/mol. The highest BCUT2D eigenvalue weighted by atomic mass is 19.1. The van der Waals surface area contributed by atoms with Gasteiger partial charge in [0.25, 0.3) is 0 Å². The Bertz CT molecular complexity index is 309. The first-order valence-electron chi connectivity index (χ1n) is 4.69. The van der Waals surface area contributed by atoms with Gasteiger partial charge in [-0.3, -0.25) is 0 Å². The standard InChI is InChI=1S/C11H14FN/c1-7(13)10-6-11(10)8-3-2-4-9(12)5-8/h2-5,7,10-11H,6,13H2,1H3/t7-,10+,11+/m0/s1. The molecule has 1 aromatic carbocycles. The van der Waals surface area contributed by atoms with Crippen molar-refractivity contribution >= 4 is 0 Å². The zero-order valence-corrected chi connectivity index (χ0v) is 7.70. The molecule has 1 nitrogen and oxygen atoms in total. The van der Waals surface area contributed by atoms with Gasteiger partial charge in [0.1, 0.15) is 5.82 Å². The number of hydrogen-bond acceptors (Lipinski definition) is 1. The van der Waals surface area contributed by atoms with Crippen molar-refractivity contribution in [2.24, 2.45) is 11.7 Å². The maximum atomic E-state index is 12.9. The summed E-state index contributed by atoms with van der Waals surface area (Å²) < 4.78 is 12.9. The fourth-order valence-electron chi connectivity index (χ4n) is 1.92. The molecule has 0 aliphatic heterocycles. The van der Waals surface area contributed by atoms with Crippen LogP contribution in [0, 0.1) is 11.7 Å². The molecule has 0 spiro atoms. The topological polar surface area (TPSA) is 26.0 Å². The maximum absolute atomic E-state index is 12.9.